The van der Waals surface area contributed by atoms with Gasteiger partial charge in [-0.1, -0.05) is 35.9 Å². The van der Waals surface area contributed by atoms with Crippen LogP contribution in [0.2, 0.25) is 0 Å². The zero-order valence-corrected chi connectivity index (χ0v) is 17.0. The van der Waals surface area contributed by atoms with E-state index >= 15 is 0 Å². The zero-order valence-electron chi connectivity index (χ0n) is 16.2. The number of aryl methyl sites for hydroxylation is 1. The first-order valence-corrected chi connectivity index (χ1v) is 10.4. The van der Waals surface area contributed by atoms with Crippen LogP contribution in [0.1, 0.15) is 5.56 Å². The van der Waals surface area contributed by atoms with Crippen molar-refractivity contribution in [2.45, 2.75) is 11.8 Å². The van der Waals surface area contributed by atoms with Gasteiger partial charge in [-0.15, -0.1) is 0 Å². The maximum Gasteiger partial charge on any atom is 0.264 e. The Bertz CT molecular complexity index is 1060. The van der Waals surface area contributed by atoms with E-state index in [2.05, 4.69) is 5.32 Å². The fraction of sp³-hybridized carbons (Fsp3) is 0.136. The van der Waals surface area contributed by atoms with Crippen molar-refractivity contribution in [3.8, 4) is 5.75 Å². The Morgan fingerprint density at radius 1 is 0.931 bits per heavy atom. The largest absolute Gasteiger partial charge is 0.497 e. The third-order valence-corrected chi connectivity index (χ3v) is 6.10. The molecule has 150 valence electrons. The lowest BCUT2D eigenvalue weighted by atomic mass is 10.2. The molecule has 0 bridgehead atoms. The first-order chi connectivity index (χ1) is 13.9. The molecule has 0 fully saturated rings. The molecule has 6 nitrogen and oxygen atoms in total. The van der Waals surface area contributed by atoms with Gasteiger partial charge in [0.25, 0.3) is 10.0 Å². The molecule has 3 aromatic rings. The molecule has 0 heterocycles. The Hall–Kier alpha value is -3.32. The van der Waals surface area contributed by atoms with Gasteiger partial charge in [0.05, 0.1) is 17.7 Å². The first kappa shape index (κ1) is 20.4. The first-order valence-electron chi connectivity index (χ1n) is 8.98. The summed E-state index contributed by atoms with van der Waals surface area (Å²) in [7, 11) is -2.45. The number of methoxy groups -OCH3 is 1. The molecule has 0 atom stereocenters. The molecule has 0 spiro atoms. The number of benzene rings is 3. The third-order valence-electron chi connectivity index (χ3n) is 4.31. The van der Waals surface area contributed by atoms with Crippen molar-refractivity contribution in [2.24, 2.45) is 0 Å². The minimum Gasteiger partial charge on any atom is -0.497 e. The van der Waals surface area contributed by atoms with Crippen LogP contribution in [-0.2, 0) is 14.8 Å². The summed E-state index contributed by atoms with van der Waals surface area (Å²) in [5, 5.41) is 2.73. The monoisotopic (exact) mass is 410 g/mol. The quantitative estimate of drug-likeness (QED) is 0.642. The molecule has 0 radical (unpaired) electrons. The van der Waals surface area contributed by atoms with Gasteiger partial charge in [-0.25, -0.2) is 8.42 Å². The minimum absolute atomic E-state index is 0.0754. The van der Waals surface area contributed by atoms with Crippen molar-refractivity contribution in [1.29, 1.82) is 0 Å². The number of ether oxygens (including phenoxy) is 1. The molecule has 0 aliphatic carbocycles. The normalized spacial score (nSPS) is 11.0. The molecule has 0 aliphatic heterocycles. The molecular formula is C22H22N2O4S. The molecule has 7 heteroatoms. The lowest BCUT2D eigenvalue weighted by molar-refractivity contribution is -0.114. The fourth-order valence-electron chi connectivity index (χ4n) is 2.75. The zero-order chi connectivity index (χ0) is 20.9. The molecule has 0 saturated heterocycles. The van der Waals surface area contributed by atoms with Crippen LogP contribution in [0.3, 0.4) is 0 Å². The average molecular weight is 410 g/mol. The fourth-order valence-corrected chi connectivity index (χ4v) is 4.17. The number of nitrogens with zero attached hydrogens (tertiary/aromatic N) is 1. The van der Waals surface area contributed by atoms with E-state index in [0.29, 0.717) is 17.1 Å². The Morgan fingerprint density at radius 2 is 1.55 bits per heavy atom. The van der Waals surface area contributed by atoms with Crippen molar-refractivity contribution in [3.63, 3.8) is 0 Å². The molecule has 0 aliphatic rings. The van der Waals surface area contributed by atoms with Crippen molar-refractivity contribution >= 4 is 27.3 Å². The van der Waals surface area contributed by atoms with Gasteiger partial charge in [-0.2, -0.15) is 0 Å². The number of amides is 1. The number of nitrogens with one attached hydrogen (secondary N) is 1. The maximum atomic E-state index is 13.3. The number of carbonyl (C=O) groups is 1. The van der Waals surface area contributed by atoms with E-state index in [-0.39, 0.29) is 11.4 Å². The summed E-state index contributed by atoms with van der Waals surface area (Å²) < 4.78 is 32.8. The number of hydrogen-bond donors (Lipinski definition) is 1. The number of hydrogen-bond acceptors (Lipinski definition) is 4. The summed E-state index contributed by atoms with van der Waals surface area (Å²) >= 11 is 0. The summed E-state index contributed by atoms with van der Waals surface area (Å²) in [6, 6.07) is 22.0. The lowest BCUT2D eigenvalue weighted by Gasteiger charge is -2.24. The Labute approximate surface area is 170 Å². The molecule has 0 saturated carbocycles. The minimum atomic E-state index is -3.96. The van der Waals surface area contributed by atoms with E-state index in [4.69, 9.17) is 4.74 Å². The smallest absolute Gasteiger partial charge is 0.264 e. The number of sulfonamides is 1. The second kappa shape index (κ2) is 8.79. The Morgan fingerprint density at radius 3 is 2.14 bits per heavy atom. The highest BCUT2D eigenvalue weighted by Crippen LogP contribution is 2.25. The second-order valence-corrected chi connectivity index (χ2v) is 8.30. The van der Waals surface area contributed by atoms with Gasteiger partial charge in [0, 0.05) is 5.69 Å². The third kappa shape index (κ3) is 4.94. The van der Waals surface area contributed by atoms with E-state index in [1.54, 1.807) is 60.7 Å². The van der Waals surface area contributed by atoms with E-state index in [1.165, 1.54) is 19.2 Å². The van der Waals surface area contributed by atoms with Gasteiger partial charge in [0.1, 0.15) is 12.3 Å². The summed E-state index contributed by atoms with van der Waals surface area (Å²) in [5.74, 6) is 0.113. The molecule has 1 N–H and O–H groups in total. The van der Waals surface area contributed by atoms with Crippen LogP contribution >= 0.6 is 0 Å². The summed E-state index contributed by atoms with van der Waals surface area (Å²) in [5.41, 5.74) is 2.00. The predicted molar refractivity (Wildman–Crippen MR) is 114 cm³/mol. The van der Waals surface area contributed by atoms with Crippen LogP contribution in [0.4, 0.5) is 11.4 Å². The highest BCUT2D eigenvalue weighted by Gasteiger charge is 2.27. The number of carbonyl (C=O) groups excluding carboxylic acids is 1. The predicted octanol–water partition coefficient (Wildman–Crippen LogP) is 3.84. The van der Waals surface area contributed by atoms with Crippen LogP contribution in [-0.4, -0.2) is 28.0 Å². The van der Waals surface area contributed by atoms with Crippen molar-refractivity contribution in [3.05, 3.63) is 84.4 Å². The van der Waals surface area contributed by atoms with E-state index in [9.17, 15) is 13.2 Å². The Kier molecular flexibility index (Phi) is 6.19. The SMILES string of the molecule is COc1ccc(S(=O)(=O)N(CC(=O)Nc2ccccc2)c2ccc(C)cc2)cc1. The van der Waals surface area contributed by atoms with Crippen LogP contribution in [0.25, 0.3) is 0 Å². The Balaban J connectivity index is 1.93. The van der Waals surface area contributed by atoms with E-state index in [1.807, 2.05) is 13.0 Å². The van der Waals surface area contributed by atoms with Gasteiger partial charge in [-0.05, 0) is 55.5 Å². The molecule has 1 amide bonds. The van der Waals surface area contributed by atoms with Crippen LogP contribution < -0.4 is 14.4 Å². The number of rotatable bonds is 7. The summed E-state index contributed by atoms with van der Waals surface area (Å²) in [4.78, 5) is 12.7. The average Bonchev–Trinajstić information content (AvgIpc) is 2.73. The number of para-hydroxylation sites is 1. The van der Waals surface area contributed by atoms with Crippen molar-refractivity contribution in [1.82, 2.24) is 0 Å². The summed E-state index contributed by atoms with van der Waals surface area (Å²) in [6.45, 7) is 1.56. The van der Waals surface area contributed by atoms with Gasteiger partial charge in [0.15, 0.2) is 0 Å². The molecule has 0 aromatic heterocycles. The molecule has 0 unspecified atom stereocenters. The maximum absolute atomic E-state index is 13.3. The molecule has 29 heavy (non-hydrogen) atoms. The van der Waals surface area contributed by atoms with E-state index < -0.39 is 15.9 Å². The van der Waals surface area contributed by atoms with Gasteiger partial charge in [0.2, 0.25) is 5.91 Å². The molecule has 3 rings (SSSR count). The molecular weight excluding hydrogens is 388 g/mol. The topological polar surface area (TPSA) is 75.7 Å². The summed E-state index contributed by atoms with van der Waals surface area (Å²) in [6.07, 6.45) is 0. The number of anilines is 2. The highest BCUT2D eigenvalue weighted by atomic mass is 32.2. The highest BCUT2D eigenvalue weighted by molar-refractivity contribution is 7.92. The van der Waals surface area contributed by atoms with E-state index in [0.717, 1.165) is 9.87 Å². The van der Waals surface area contributed by atoms with Gasteiger partial charge in [-0.3, -0.25) is 9.10 Å². The van der Waals surface area contributed by atoms with Crippen LogP contribution in [0.5, 0.6) is 5.75 Å². The lowest BCUT2D eigenvalue weighted by Crippen LogP contribution is -2.38. The van der Waals surface area contributed by atoms with Crippen molar-refractivity contribution < 1.29 is 17.9 Å². The standard InChI is InChI=1S/C22H22N2O4S/c1-17-8-10-19(11-9-17)24(16-22(25)23-18-6-4-3-5-7-18)29(26,27)21-14-12-20(28-2)13-15-21/h3-15H,16H2,1-2H3,(H,23,25). The van der Waals surface area contributed by atoms with Crippen LogP contribution in [0, 0.1) is 6.92 Å². The van der Waals surface area contributed by atoms with Crippen LogP contribution in [0.15, 0.2) is 83.8 Å². The van der Waals surface area contributed by atoms with Crippen molar-refractivity contribution in [2.75, 3.05) is 23.3 Å². The molecule has 3 aromatic carbocycles. The second-order valence-electron chi connectivity index (χ2n) is 6.44. The van der Waals surface area contributed by atoms with Gasteiger partial charge < -0.3 is 10.1 Å². The van der Waals surface area contributed by atoms with Gasteiger partial charge >= 0.3 is 0 Å².